The highest BCUT2D eigenvalue weighted by atomic mass is 19.1. The number of carbonyl (C=O) groups excluding carboxylic acids is 1. The standard InChI is InChI=1S/C12H17FN2O/c1-3-4-5-8-15(2)12(16)10-6-7-14-11(13)9-10/h6-7,9H,3-5,8H2,1-2H3. The average Bonchev–Trinajstić information content (AvgIpc) is 2.28. The van der Waals surface area contributed by atoms with Gasteiger partial charge in [0, 0.05) is 31.4 Å². The van der Waals surface area contributed by atoms with E-state index in [9.17, 15) is 9.18 Å². The second-order valence-electron chi connectivity index (χ2n) is 3.80. The van der Waals surface area contributed by atoms with Crippen molar-refractivity contribution in [2.45, 2.75) is 26.2 Å². The van der Waals surface area contributed by atoms with Gasteiger partial charge in [-0.05, 0) is 12.5 Å². The molecule has 0 radical (unpaired) electrons. The fourth-order valence-corrected chi connectivity index (χ4v) is 1.46. The highest BCUT2D eigenvalue weighted by Gasteiger charge is 2.11. The predicted octanol–water partition coefficient (Wildman–Crippen LogP) is 2.48. The zero-order valence-corrected chi connectivity index (χ0v) is 9.74. The molecule has 1 rings (SSSR count). The van der Waals surface area contributed by atoms with Gasteiger partial charge in [-0.1, -0.05) is 19.8 Å². The smallest absolute Gasteiger partial charge is 0.253 e. The number of carbonyl (C=O) groups is 1. The lowest BCUT2D eigenvalue weighted by Gasteiger charge is -2.16. The first kappa shape index (κ1) is 12.6. The molecule has 1 amide bonds. The number of hydrogen-bond donors (Lipinski definition) is 0. The van der Waals surface area contributed by atoms with Gasteiger partial charge >= 0.3 is 0 Å². The van der Waals surface area contributed by atoms with E-state index in [1.165, 1.54) is 18.3 Å². The first-order chi connectivity index (χ1) is 7.65. The van der Waals surface area contributed by atoms with Gasteiger partial charge in [0.1, 0.15) is 0 Å². The van der Waals surface area contributed by atoms with Crippen molar-refractivity contribution in [1.82, 2.24) is 9.88 Å². The van der Waals surface area contributed by atoms with Gasteiger partial charge in [-0.15, -0.1) is 0 Å². The molecule has 0 saturated carbocycles. The minimum Gasteiger partial charge on any atom is -0.342 e. The van der Waals surface area contributed by atoms with Crippen LogP contribution >= 0.6 is 0 Å². The van der Waals surface area contributed by atoms with E-state index >= 15 is 0 Å². The zero-order chi connectivity index (χ0) is 12.0. The maximum Gasteiger partial charge on any atom is 0.253 e. The Balaban J connectivity index is 2.56. The zero-order valence-electron chi connectivity index (χ0n) is 9.74. The fourth-order valence-electron chi connectivity index (χ4n) is 1.46. The number of halogens is 1. The van der Waals surface area contributed by atoms with Crippen LogP contribution in [0.2, 0.25) is 0 Å². The first-order valence-corrected chi connectivity index (χ1v) is 5.52. The van der Waals surface area contributed by atoms with Gasteiger partial charge in [0.05, 0.1) is 0 Å². The molecule has 4 heteroatoms. The van der Waals surface area contributed by atoms with Crippen molar-refractivity contribution in [2.75, 3.05) is 13.6 Å². The summed E-state index contributed by atoms with van der Waals surface area (Å²) in [6.45, 7) is 2.82. The Bertz CT molecular complexity index is 355. The molecule has 0 aliphatic carbocycles. The highest BCUT2D eigenvalue weighted by molar-refractivity contribution is 5.93. The fraction of sp³-hybridized carbons (Fsp3) is 0.500. The number of nitrogens with zero attached hydrogens (tertiary/aromatic N) is 2. The third-order valence-corrected chi connectivity index (χ3v) is 2.42. The van der Waals surface area contributed by atoms with Crippen LogP contribution in [0.4, 0.5) is 4.39 Å². The summed E-state index contributed by atoms with van der Waals surface area (Å²) in [5.74, 6) is -0.773. The minimum atomic E-state index is -0.618. The number of hydrogen-bond acceptors (Lipinski definition) is 2. The van der Waals surface area contributed by atoms with E-state index in [1.54, 1.807) is 11.9 Å². The largest absolute Gasteiger partial charge is 0.342 e. The molecule has 0 saturated heterocycles. The number of unbranched alkanes of at least 4 members (excludes halogenated alkanes) is 2. The van der Waals surface area contributed by atoms with Crippen molar-refractivity contribution in [3.8, 4) is 0 Å². The van der Waals surface area contributed by atoms with Gasteiger partial charge in [0.2, 0.25) is 5.95 Å². The summed E-state index contributed by atoms with van der Waals surface area (Å²) < 4.78 is 12.8. The molecule has 88 valence electrons. The molecule has 1 aromatic heterocycles. The second-order valence-corrected chi connectivity index (χ2v) is 3.80. The lowest BCUT2D eigenvalue weighted by Crippen LogP contribution is -2.27. The van der Waals surface area contributed by atoms with Crippen LogP contribution in [0, 0.1) is 5.95 Å². The van der Waals surface area contributed by atoms with Gasteiger partial charge < -0.3 is 4.90 Å². The quantitative estimate of drug-likeness (QED) is 0.568. The van der Waals surface area contributed by atoms with Crippen LogP contribution in [0.1, 0.15) is 36.5 Å². The number of rotatable bonds is 5. The lowest BCUT2D eigenvalue weighted by molar-refractivity contribution is 0.0792. The number of amides is 1. The van der Waals surface area contributed by atoms with Crippen LogP contribution in [-0.4, -0.2) is 29.4 Å². The Labute approximate surface area is 95.3 Å². The van der Waals surface area contributed by atoms with Crippen molar-refractivity contribution in [3.05, 3.63) is 29.8 Å². The van der Waals surface area contributed by atoms with E-state index in [4.69, 9.17) is 0 Å². The normalized spacial score (nSPS) is 10.2. The summed E-state index contributed by atoms with van der Waals surface area (Å²) >= 11 is 0. The van der Waals surface area contributed by atoms with Crippen molar-refractivity contribution >= 4 is 5.91 Å². The van der Waals surface area contributed by atoms with E-state index in [2.05, 4.69) is 11.9 Å². The summed E-state index contributed by atoms with van der Waals surface area (Å²) in [5, 5.41) is 0. The van der Waals surface area contributed by atoms with Crippen molar-refractivity contribution < 1.29 is 9.18 Å². The first-order valence-electron chi connectivity index (χ1n) is 5.52. The molecule has 0 spiro atoms. The Morgan fingerprint density at radius 3 is 2.88 bits per heavy atom. The monoisotopic (exact) mass is 224 g/mol. The molecule has 1 heterocycles. The van der Waals surface area contributed by atoms with Crippen LogP contribution < -0.4 is 0 Å². The second kappa shape index (κ2) is 6.20. The van der Waals surface area contributed by atoms with Crippen molar-refractivity contribution in [2.24, 2.45) is 0 Å². The Morgan fingerprint density at radius 2 is 2.25 bits per heavy atom. The summed E-state index contributed by atoms with van der Waals surface area (Å²) in [7, 11) is 1.73. The molecule has 0 N–H and O–H groups in total. The molecular weight excluding hydrogens is 207 g/mol. The average molecular weight is 224 g/mol. The molecule has 0 aliphatic heterocycles. The Kier molecular flexibility index (Phi) is 4.89. The van der Waals surface area contributed by atoms with Crippen molar-refractivity contribution in [3.63, 3.8) is 0 Å². The number of aromatic nitrogens is 1. The Morgan fingerprint density at radius 1 is 1.50 bits per heavy atom. The maximum atomic E-state index is 12.8. The van der Waals surface area contributed by atoms with Crippen molar-refractivity contribution in [1.29, 1.82) is 0 Å². The van der Waals surface area contributed by atoms with Crippen LogP contribution in [0.15, 0.2) is 18.3 Å². The lowest BCUT2D eigenvalue weighted by atomic mass is 10.2. The van der Waals surface area contributed by atoms with E-state index in [0.29, 0.717) is 12.1 Å². The van der Waals surface area contributed by atoms with E-state index in [0.717, 1.165) is 19.3 Å². The minimum absolute atomic E-state index is 0.155. The van der Waals surface area contributed by atoms with E-state index in [1.807, 2.05) is 0 Å². The van der Waals surface area contributed by atoms with Crippen LogP contribution in [0.25, 0.3) is 0 Å². The Hall–Kier alpha value is -1.45. The molecule has 0 aliphatic rings. The van der Waals surface area contributed by atoms with Crippen LogP contribution in [-0.2, 0) is 0 Å². The molecular formula is C12H17FN2O. The van der Waals surface area contributed by atoms with Crippen LogP contribution in [0.5, 0.6) is 0 Å². The maximum absolute atomic E-state index is 12.8. The summed E-state index contributed by atoms with van der Waals surface area (Å²) in [6, 6.07) is 2.69. The van der Waals surface area contributed by atoms with Gasteiger partial charge in [0.15, 0.2) is 0 Å². The van der Waals surface area contributed by atoms with E-state index < -0.39 is 5.95 Å². The van der Waals surface area contributed by atoms with Gasteiger partial charge in [0.25, 0.3) is 5.91 Å². The molecule has 0 fully saturated rings. The van der Waals surface area contributed by atoms with E-state index in [-0.39, 0.29) is 5.91 Å². The summed E-state index contributed by atoms with van der Waals surface area (Å²) in [5.41, 5.74) is 0.353. The summed E-state index contributed by atoms with van der Waals surface area (Å²) in [6.07, 6.45) is 4.50. The molecule has 1 aromatic rings. The molecule has 0 atom stereocenters. The van der Waals surface area contributed by atoms with Gasteiger partial charge in [-0.2, -0.15) is 4.39 Å². The third kappa shape index (κ3) is 3.61. The van der Waals surface area contributed by atoms with Gasteiger partial charge in [-0.25, -0.2) is 4.98 Å². The molecule has 0 aromatic carbocycles. The van der Waals surface area contributed by atoms with Crippen LogP contribution in [0.3, 0.4) is 0 Å². The number of pyridine rings is 1. The molecule has 0 bridgehead atoms. The highest BCUT2D eigenvalue weighted by Crippen LogP contribution is 2.05. The third-order valence-electron chi connectivity index (χ3n) is 2.42. The topological polar surface area (TPSA) is 33.2 Å². The summed E-state index contributed by atoms with van der Waals surface area (Å²) in [4.78, 5) is 16.9. The molecule has 0 unspecified atom stereocenters. The SMILES string of the molecule is CCCCCN(C)C(=O)c1ccnc(F)c1. The molecule has 3 nitrogen and oxygen atoms in total. The molecule has 16 heavy (non-hydrogen) atoms. The van der Waals surface area contributed by atoms with Gasteiger partial charge in [-0.3, -0.25) is 4.79 Å². The predicted molar refractivity (Wildman–Crippen MR) is 60.7 cm³/mol.